The van der Waals surface area contributed by atoms with E-state index in [0.29, 0.717) is 27.9 Å². The van der Waals surface area contributed by atoms with Gasteiger partial charge in [-0.3, -0.25) is 5.41 Å². The van der Waals surface area contributed by atoms with Gasteiger partial charge in [-0.25, -0.2) is 4.98 Å². The summed E-state index contributed by atoms with van der Waals surface area (Å²) in [4.78, 5) is 6.32. The lowest BCUT2D eigenvalue weighted by Crippen LogP contribution is -2.27. The number of nitrogens with zero attached hydrogens (tertiary/aromatic N) is 3. The average molecular weight is 383 g/mol. The quantitative estimate of drug-likeness (QED) is 0.707. The Kier molecular flexibility index (Phi) is 4.08. The first-order chi connectivity index (χ1) is 12.9. The zero-order valence-corrected chi connectivity index (χ0v) is 16.0. The van der Waals surface area contributed by atoms with Crippen molar-refractivity contribution in [1.29, 1.82) is 5.41 Å². The zero-order valence-electron chi connectivity index (χ0n) is 15.2. The summed E-state index contributed by atoms with van der Waals surface area (Å²) >= 11 is 6.20. The van der Waals surface area contributed by atoms with Crippen molar-refractivity contribution in [1.82, 2.24) is 9.55 Å². The van der Waals surface area contributed by atoms with Crippen LogP contribution in [0, 0.1) is 12.3 Å². The van der Waals surface area contributed by atoms with Gasteiger partial charge < -0.3 is 19.3 Å². The van der Waals surface area contributed by atoms with E-state index >= 15 is 0 Å². The van der Waals surface area contributed by atoms with Crippen molar-refractivity contribution < 1.29 is 9.84 Å². The Balaban J connectivity index is 1.80. The Bertz CT molecular complexity index is 1120. The van der Waals surface area contributed by atoms with Gasteiger partial charge in [0.05, 0.1) is 35.9 Å². The van der Waals surface area contributed by atoms with Crippen molar-refractivity contribution in [2.75, 3.05) is 18.6 Å². The number of aliphatic hydroxyl groups is 1. The predicted octanol–water partition coefficient (Wildman–Crippen LogP) is 4.31. The van der Waals surface area contributed by atoms with E-state index in [9.17, 15) is 5.11 Å². The van der Waals surface area contributed by atoms with E-state index in [0.717, 1.165) is 16.6 Å². The summed E-state index contributed by atoms with van der Waals surface area (Å²) in [5, 5.41) is 20.0. The summed E-state index contributed by atoms with van der Waals surface area (Å²) in [7, 11) is 3.44. The van der Waals surface area contributed by atoms with E-state index < -0.39 is 0 Å². The number of anilines is 1. The van der Waals surface area contributed by atoms with Gasteiger partial charge >= 0.3 is 0 Å². The van der Waals surface area contributed by atoms with Gasteiger partial charge in [0, 0.05) is 18.1 Å². The summed E-state index contributed by atoms with van der Waals surface area (Å²) in [6.45, 7) is 2.07. The third-order valence-corrected chi connectivity index (χ3v) is 5.27. The average Bonchev–Trinajstić information content (AvgIpc) is 3.13. The molecule has 4 rings (SSSR count). The molecular formula is C20H19ClN4O2. The highest BCUT2D eigenvalue weighted by molar-refractivity contribution is 6.32. The number of fused-ring (bicyclic) bond motifs is 1. The fourth-order valence-corrected chi connectivity index (χ4v) is 3.57. The third kappa shape index (κ3) is 2.64. The molecule has 7 heteroatoms. The molecule has 0 amide bonds. The number of ether oxygens (including phenoxy) is 1. The van der Waals surface area contributed by atoms with Gasteiger partial charge in [0.2, 0.25) is 0 Å². The first-order valence-electron chi connectivity index (χ1n) is 8.47. The van der Waals surface area contributed by atoms with Crippen LogP contribution in [-0.2, 0) is 7.05 Å². The van der Waals surface area contributed by atoms with E-state index in [1.165, 1.54) is 0 Å². The van der Waals surface area contributed by atoms with Gasteiger partial charge in [-0.15, -0.1) is 0 Å². The molecule has 2 heterocycles. The molecule has 0 bridgehead atoms. The predicted molar refractivity (Wildman–Crippen MR) is 108 cm³/mol. The molecule has 0 fully saturated rings. The Morgan fingerprint density at radius 3 is 2.70 bits per heavy atom. The lowest BCUT2D eigenvalue weighted by atomic mass is 10.1. The van der Waals surface area contributed by atoms with Crippen LogP contribution in [0.5, 0.6) is 5.75 Å². The van der Waals surface area contributed by atoms with Crippen LogP contribution in [0.1, 0.15) is 11.4 Å². The summed E-state index contributed by atoms with van der Waals surface area (Å²) in [6.07, 6.45) is 0. The number of halogens is 1. The van der Waals surface area contributed by atoms with E-state index in [4.69, 9.17) is 21.7 Å². The van der Waals surface area contributed by atoms with Crippen LogP contribution in [-0.4, -0.2) is 34.1 Å². The highest BCUT2D eigenvalue weighted by Gasteiger charge is 2.33. The van der Waals surface area contributed by atoms with Crippen LogP contribution in [0.3, 0.4) is 0 Å². The van der Waals surface area contributed by atoms with Crippen LogP contribution in [0.25, 0.3) is 16.6 Å². The molecule has 0 spiro atoms. The van der Waals surface area contributed by atoms with E-state index in [2.05, 4.69) is 4.98 Å². The van der Waals surface area contributed by atoms with Gasteiger partial charge in [0.25, 0.3) is 0 Å². The number of methoxy groups -OCH3 is 1. The highest BCUT2D eigenvalue weighted by atomic mass is 35.5. The molecule has 2 aromatic carbocycles. The summed E-state index contributed by atoms with van der Waals surface area (Å²) in [5.74, 6) is 1.39. The molecule has 0 radical (unpaired) electrons. The van der Waals surface area contributed by atoms with Gasteiger partial charge in [0.1, 0.15) is 23.2 Å². The number of aromatic nitrogens is 2. The number of benzene rings is 2. The number of rotatable bonds is 3. The largest absolute Gasteiger partial charge is 0.509 e. The molecule has 3 aromatic rings. The van der Waals surface area contributed by atoms with Crippen LogP contribution in [0.2, 0.25) is 5.02 Å². The SMILES string of the molecule is COc1cc(Cl)c(C)cc1N1CC(O)=C(c2nc3ccccc3n2C)C1=N. The maximum Gasteiger partial charge on any atom is 0.148 e. The minimum atomic E-state index is 0.105. The molecule has 0 atom stereocenters. The Morgan fingerprint density at radius 2 is 2.00 bits per heavy atom. The first-order valence-corrected chi connectivity index (χ1v) is 8.84. The molecule has 0 saturated carbocycles. The van der Waals surface area contributed by atoms with Crippen molar-refractivity contribution in [2.24, 2.45) is 7.05 Å². The zero-order chi connectivity index (χ0) is 19.3. The maximum atomic E-state index is 10.7. The number of hydrogen-bond donors (Lipinski definition) is 2. The molecule has 2 N–H and O–H groups in total. The van der Waals surface area contributed by atoms with Crippen molar-refractivity contribution in [3.63, 3.8) is 0 Å². The molecule has 1 aromatic heterocycles. The lowest BCUT2D eigenvalue weighted by molar-refractivity contribution is 0.406. The molecule has 27 heavy (non-hydrogen) atoms. The van der Waals surface area contributed by atoms with Crippen LogP contribution in [0.4, 0.5) is 5.69 Å². The van der Waals surface area contributed by atoms with E-state index in [-0.39, 0.29) is 18.1 Å². The van der Waals surface area contributed by atoms with Gasteiger partial charge in [-0.2, -0.15) is 0 Å². The van der Waals surface area contributed by atoms with Gasteiger partial charge in [0.15, 0.2) is 0 Å². The van der Waals surface area contributed by atoms with Gasteiger partial charge in [-0.05, 0) is 30.7 Å². The summed E-state index contributed by atoms with van der Waals surface area (Å²) < 4.78 is 7.34. The summed E-state index contributed by atoms with van der Waals surface area (Å²) in [6, 6.07) is 11.3. The van der Waals surface area contributed by atoms with E-state index in [1.54, 1.807) is 18.1 Å². The molecule has 6 nitrogen and oxygen atoms in total. The van der Waals surface area contributed by atoms with Crippen LogP contribution >= 0.6 is 11.6 Å². The second kappa shape index (κ2) is 6.32. The number of nitrogens with one attached hydrogen (secondary N) is 1. The van der Waals surface area contributed by atoms with Crippen molar-refractivity contribution >= 4 is 39.7 Å². The van der Waals surface area contributed by atoms with E-state index in [1.807, 2.05) is 48.9 Å². The molecule has 0 saturated heterocycles. The van der Waals surface area contributed by atoms with Gasteiger partial charge in [-0.1, -0.05) is 23.7 Å². The number of imidazole rings is 1. The third-order valence-electron chi connectivity index (χ3n) is 4.86. The minimum Gasteiger partial charge on any atom is -0.509 e. The topological polar surface area (TPSA) is 74.4 Å². The molecular weight excluding hydrogens is 364 g/mol. The number of hydrogen-bond acceptors (Lipinski definition) is 4. The molecule has 1 aliphatic rings. The van der Waals surface area contributed by atoms with Crippen molar-refractivity contribution in [3.8, 4) is 5.75 Å². The second-order valence-electron chi connectivity index (χ2n) is 6.51. The normalized spacial score (nSPS) is 14.5. The Morgan fingerprint density at radius 1 is 1.26 bits per heavy atom. The monoisotopic (exact) mass is 382 g/mol. The first kappa shape index (κ1) is 17.4. The Hall–Kier alpha value is -2.99. The number of aliphatic hydroxyl groups excluding tert-OH is 1. The second-order valence-corrected chi connectivity index (χ2v) is 6.92. The fraction of sp³-hybridized carbons (Fsp3) is 0.200. The molecule has 0 aliphatic carbocycles. The molecule has 1 aliphatic heterocycles. The Labute approximate surface area is 161 Å². The van der Waals surface area contributed by atoms with Crippen LogP contribution in [0.15, 0.2) is 42.2 Å². The van der Waals surface area contributed by atoms with Crippen molar-refractivity contribution in [3.05, 3.63) is 58.6 Å². The maximum absolute atomic E-state index is 10.7. The standard InChI is InChI=1S/C20H19ClN4O2/c1-11-8-15(17(27-3)9-12(11)21)25-10-16(26)18(19(25)22)20-23-13-6-4-5-7-14(13)24(20)2/h4-9,22,26H,10H2,1-3H3. The number of amidine groups is 1. The fourth-order valence-electron chi connectivity index (χ4n) is 3.41. The van der Waals surface area contributed by atoms with Crippen LogP contribution < -0.4 is 9.64 Å². The minimum absolute atomic E-state index is 0.105. The summed E-state index contributed by atoms with van der Waals surface area (Å²) in [5.41, 5.74) is 3.74. The smallest absolute Gasteiger partial charge is 0.148 e. The molecule has 138 valence electrons. The highest BCUT2D eigenvalue weighted by Crippen LogP contribution is 2.39. The van der Waals surface area contributed by atoms with Crippen molar-refractivity contribution in [2.45, 2.75) is 6.92 Å². The number of para-hydroxylation sites is 2. The lowest BCUT2D eigenvalue weighted by Gasteiger charge is -2.22. The molecule has 0 unspecified atom stereocenters. The number of aryl methyl sites for hydroxylation is 2.